The summed E-state index contributed by atoms with van der Waals surface area (Å²) in [6, 6.07) is 7.84. The number of hydrogen-bond acceptors (Lipinski definition) is 9. The van der Waals surface area contributed by atoms with Crippen LogP contribution in [0.4, 0.5) is 5.69 Å². The van der Waals surface area contributed by atoms with Gasteiger partial charge in [-0.25, -0.2) is 14.6 Å². The van der Waals surface area contributed by atoms with Crippen molar-refractivity contribution in [3.8, 4) is 11.5 Å². The van der Waals surface area contributed by atoms with Gasteiger partial charge in [0.25, 0.3) is 5.69 Å². The summed E-state index contributed by atoms with van der Waals surface area (Å²) in [5.74, 6) is -0.495. The van der Waals surface area contributed by atoms with Gasteiger partial charge in [0.05, 0.1) is 22.2 Å². The molecule has 1 aliphatic heterocycles. The molecule has 0 amide bonds. The highest BCUT2D eigenvalue weighted by Gasteiger charge is 2.26. The lowest BCUT2D eigenvalue weighted by Gasteiger charge is -2.14. The van der Waals surface area contributed by atoms with Gasteiger partial charge >= 0.3 is 11.9 Å². The SMILES string of the molecule is CCOc1cc(/C=C2\N=C(c3ccc(C)c([N+](=O)[O-])c3)OC2=O)cc(I)c1OCC(=O)OC. The van der Waals surface area contributed by atoms with E-state index in [1.54, 1.807) is 38.1 Å². The molecule has 0 aliphatic carbocycles. The fourth-order valence-electron chi connectivity index (χ4n) is 2.89. The molecule has 11 heteroatoms. The first-order chi connectivity index (χ1) is 15.7. The van der Waals surface area contributed by atoms with Crippen LogP contribution in [0.2, 0.25) is 0 Å². The van der Waals surface area contributed by atoms with Crippen LogP contribution in [-0.4, -0.2) is 43.1 Å². The standard InChI is InChI=1S/C22H19IN2O8/c1-4-31-18-9-13(7-15(23)20(18)32-11-19(26)30-3)8-16-22(27)33-21(24-16)14-6-5-12(2)17(10-14)25(28)29/h5-10H,4,11H2,1-3H3/b16-8-. The van der Waals surface area contributed by atoms with Gasteiger partial charge in [-0.2, -0.15) is 0 Å². The molecular formula is C22H19IN2O8. The van der Waals surface area contributed by atoms with Crippen LogP contribution in [0.1, 0.15) is 23.6 Å². The van der Waals surface area contributed by atoms with E-state index in [1.807, 2.05) is 22.6 Å². The first-order valence-corrected chi connectivity index (χ1v) is 10.7. The number of rotatable bonds is 8. The fraction of sp³-hybridized carbons (Fsp3) is 0.227. The van der Waals surface area contributed by atoms with Crippen molar-refractivity contribution >= 4 is 52.2 Å². The first kappa shape index (κ1) is 24.2. The van der Waals surface area contributed by atoms with Crippen LogP contribution in [0.15, 0.2) is 41.0 Å². The Hall–Kier alpha value is -3.48. The van der Waals surface area contributed by atoms with Gasteiger partial charge in [0.2, 0.25) is 5.90 Å². The van der Waals surface area contributed by atoms with Crippen molar-refractivity contribution in [2.45, 2.75) is 13.8 Å². The molecule has 2 aromatic rings. The summed E-state index contributed by atoms with van der Waals surface area (Å²) in [5.41, 5.74) is 1.31. The number of benzene rings is 2. The molecule has 0 bridgehead atoms. The number of esters is 2. The number of nitro benzene ring substituents is 1. The molecule has 0 N–H and O–H groups in total. The third kappa shape index (κ3) is 5.66. The van der Waals surface area contributed by atoms with Crippen LogP contribution in [0, 0.1) is 20.6 Å². The second-order valence-corrected chi connectivity index (χ2v) is 7.88. The Morgan fingerprint density at radius 1 is 1.27 bits per heavy atom. The van der Waals surface area contributed by atoms with Crippen LogP contribution in [0.3, 0.4) is 0 Å². The average molecular weight is 566 g/mol. The quantitative estimate of drug-likeness (QED) is 0.155. The number of cyclic esters (lactones) is 1. The fourth-order valence-corrected chi connectivity index (χ4v) is 3.68. The zero-order valence-corrected chi connectivity index (χ0v) is 20.1. The Morgan fingerprint density at radius 3 is 2.70 bits per heavy atom. The summed E-state index contributed by atoms with van der Waals surface area (Å²) in [7, 11) is 1.26. The molecule has 0 radical (unpaired) electrons. The van der Waals surface area contributed by atoms with E-state index in [2.05, 4.69) is 9.73 Å². The number of nitro groups is 1. The summed E-state index contributed by atoms with van der Waals surface area (Å²) in [6.45, 7) is 3.48. The summed E-state index contributed by atoms with van der Waals surface area (Å²) in [4.78, 5) is 38.7. The van der Waals surface area contributed by atoms with Gasteiger partial charge in [-0.15, -0.1) is 0 Å². The molecule has 0 spiro atoms. The molecule has 0 saturated heterocycles. The Bertz CT molecular complexity index is 1190. The maximum absolute atomic E-state index is 12.4. The van der Waals surface area contributed by atoms with Gasteiger partial charge in [0, 0.05) is 17.2 Å². The van der Waals surface area contributed by atoms with E-state index in [0.717, 1.165) is 0 Å². The number of aliphatic imine (C=N–C) groups is 1. The van der Waals surface area contributed by atoms with Crippen molar-refractivity contribution in [3.05, 3.63) is 66.4 Å². The van der Waals surface area contributed by atoms with E-state index in [1.165, 1.54) is 19.3 Å². The summed E-state index contributed by atoms with van der Waals surface area (Å²) < 4.78 is 21.6. The second-order valence-electron chi connectivity index (χ2n) is 6.72. The third-order valence-corrected chi connectivity index (χ3v) is 5.27. The Kier molecular flexibility index (Phi) is 7.63. The van der Waals surface area contributed by atoms with E-state index >= 15 is 0 Å². The Morgan fingerprint density at radius 2 is 2.03 bits per heavy atom. The average Bonchev–Trinajstić information content (AvgIpc) is 3.13. The maximum Gasteiger partial charge on any atom is 0.363 e. The first-order valence-electron chi connectivity index (χ1n) is 9.67. The van der Waals surface area contributed by atoms with Crippen LogP contribution in [0.5, 0.6) is 11.5 Å². The van der Waals surface area contributed by atoms with Gasteiger partial charge in [0.15, 0.2) is 23.8 Å². The smallest absolute Gasteiger partial charge is 0.363 e. The minimum absolute atomic E-state index is 0.0212. The van der Waals surface area contributed by atoms with Crippen molar-refractivity contribution in [1.82, 2.24) is 0 Å². The predicted octanol–water partition coefficient (Wildman–Crippen LogP) is 3.80. The zero-order chi connectivity index (χ0) is 24.1. The molecular weight excluding hydrogens is 547 g/mol. The number of carbonyl (C=O) groups is 2. The highest BCUT2D eigenvalue weighted by molar-refractivity contribution is 14.1. The summed E-state index contributed by atoms with van der Waals surface area (Å²) in [6.07, 6.45) is 1.51. The third-order valence-electron chi connectivity index (χ3n) is 4.47. The molecule has 0 aromatic heterocycles. The molecule has 0 atom stereocenters. The second kappa shape index (κ2) is 10.4. The van der Waals surface area contributed by atoms with Crippen molar-refractivity contribution in [2.24, 2.45) is 4.99 Å². The Labute approximate surface area is 202 Å². The number of carbonyl (C=O) groups excluding carboxylic acids is 2. The summed E-state index contributed by atoms with van der Waals surface area (Å²) in [5, 5.41) is 11.2. The number of aryl methyl sites for hydroxylation is 1. The molecule has 33 heavy (non-hydrogen) atoms. The highest BCUT2D eigenvalue weighted by Crippen LogP contribution is 2.35. The van der Waals surface area contributed by atoms with Gasteiger partial charge in [-0.3, -0.25) is 10.1 Å². The lowest BCUT2D eigenvalue weighted by molar-refractivity contribution is -0.385. The molecule has 172 valence electrons. The number of hydrogen-bond donors (Lipinski definition) is 0. The van der Waals surface area contributed by atoms with E-state index < -0.39 is 16.9 Å². The predicted molar refractivity (Wildman–Crippen MR) is 126 cm³/mol. The number of methoxy groups -OCH3 is 1. The molecule has 0 saturated carbocycles. The van der Waals surface area contributed by atoms with Crippen molar-refractivity contribution in [2.75, 3.05) is 20.3 Å². The largest absolute Gasteiger partial charge is 0.490 e. The van der Waals surface area contributed by atoms with E-state index in [9.17, 15) is 19.7 Å². The molecule has 1 aliphatic rings. The number of ether oxygens (including phenoxy) is 4. The van der Waals surface area contributed by atoms with E-state index in [-0.39, 0.29) is 23.9 Å². The topological polar surface area (TPSA) is 127 Å². The summed E-state index contributed by atoms with van der Waals surface area (Å²) >= 11 is 2.03. The number of nitrogens with zero attached hydrogens (tertiary/aromatic N) is 2. The molecule has 0 fully saturated rings. The molecule has 0 unspecified atom stereocenters. The van der Waals surface area contributed by atoms with E-state index in [0.29, 0.717) is 38.4 Å². The molecule has 10 nitrogen and oxygen atoms in total. The molecule has 2 aromatic carbocycles. The van der Waals surface area contributed by atoms with E-state index in [4.69, 9.17) is 14.2 Å². The van der Waals surface area contributed by atoms with Crippen LogP contribution in [0.25, 0.3) is 6.08 Å². The lowest BCUT2D eigenvalue weighted by Crippen LogP contribution is -2.14. The van der Waals surface area contributed by atoms with Crippen molar-refractivity contribution in [3.63, 3.8) is 0 Å². The Balaban J connectivity index is 1.94. The normalized spacial score (nSPS) is 14.0. The van der Waals surface area contributed by atoms with Crippen LogP contribution >= 0.6 is 22.6 Å². The van der Waals surface area contributed by atoms with Gasteiger partial charge in [0.1, 0.15) is 0 Å². The van der Waals surface area contributed by atoms with Crippen LogP contribution in [-0.2, 0) is 19.1 Å². The zero-order valence-electron chi connectivity index (χ0n) is 17.9. The van der Waals surface area contributed by atoms with Gasteiger partial charge in [-0.05, 0) is 66.3 Å². The van der Waals surface area contributed by atoms with Crippen molar-refractivity contribution in [1.29, 1.82) is 0 Å². The monoisotopic (exact) mass is 566 g/mol. The minimum atomic E-state index is -0.688. The highest BCUT2D eigenvalue weighted by atomic mass is 127. The van der Waals surface area contributed by atoms with Gasteiger partial charge < -0.3 is 18.9 Å². The molecule has 1 heterocycles. The van der Waals surface area contributed by atoms with Crippen molar-refractivity contribution < 1.29 is 33.5 Å². The number of halogens is 1. The lowest BCUT2D eigenvalue weighted by atomic mass is 10.1. The van der Waals surface area contributed by atoms with Gasteiger partial charge in [-0.1, -0.05) is 6.07 Å². The molecule has 3 rings (SSSR count). The maximum atomic E-state index is 12.4. The minimum Gasteiger partial charge on any atom is -0.490 e. The van der Waals surface area contributed by atoms with Crippen LogP contribution < -0.4 is 9.47 Å².